The Morgan fingerprint density at radius 3 is 2.61 bits per heavy atom. The van der Waals surface area contributed by atoms with Gasteiger partial charge in [0.15, 0.2) is 0 Å². The van der Waals surface area contributed by atoms with E-state index < -0.39 is 17.7 Å². The number of ketones is 1. The van der Waals surface area contributed by atoms with Gasteiger partial charge in [-0.1, -0.05) is 29.8 Å². The Morgan fingerprint density at radius 1 is 1.09 bits per heavy atom. The minimum atomic E-state index is -0.853. The van der Waals surface area contributed by atoms with Crippen molar-refractivity contribution in [2.75, 3.05) is 14.2 Å². The zero-order valence-corrected chi connectivity index (χ0v) is 18.7. The predicted octanol–water partition coefficient (Wildman–Crippen LogP) is 4.37. The number of pyridine rings is 1. The summed E-state index contributed by atoms with van der Waals surface area (Å²) >= 11 is 6.13. The van der Waals surface area contributed by atoms with Gasteiger partial charge < -0.3 is 19.5 Å². The largest absolute Gasteiger partial charge is 0.507 e. The summed E-state index contributed by atoms with van der Waals surface area (Å²) in [6.07, 6.45) is 3.16. The number of ether oxygens (including phenoxy) is 2. The van der Waals surface area contributed by atoms with Crippen molar-refractivity contribution < 1.29 is 24.2 Å². The van der Waals surface area contributed by atoms with Gasteiger partial charge in [0.1, 0.15) is 17.3 Å². The number of carbonyl (C=O) groups excluding carboxylic acids is 2. The van der Waals surface area contributed by atoms with Gasteiger partial charge >= 0.3 is 0 Å². The van der Waals surface area contributed by atoms with Gasteiger partial charge in [0.05, 0.1) is 31.4 Å². The lowest BCUT2D eigenvalue weighted by atomic mass is 9.96. The van der Waals surface area contributed by atoms with Crippen molar-refractivity contribution in [3.05, 3.63) is 94.3 Å². The molecule has 1 atom stereocenters. The highest BCUT2D eigenvalue weighted by Gasteiger charge is 2.46. The summed E-state index contributed by atoms with van der Waals surface area (Å²) < 4.78 is 10.6. The van der Waals surface area contributed by atoms with Gasteiger partial charge in [-0.2, -0.15) is 0 Å². The highest BCUT2D eigenvalue weighted by Crippen LogP contribution is 2.42. The number of nitrogens with zero attached hydrogens (tertiary/aromatic N) is 2. The van der Waals surface area contributed by atoms with Crippen LogP contribution in [-0.4, -0.2) is 40.9 Å². The molecule has 1 unspecified atom stereocenters. The van der Waals surface area contributed by atoms with Crippen LogP contribution in [0, 0.1) is 0 Å². The number of aliphatic hydroxyl groups is 1. The summed E-state index contributed by atoms with van der Waals surface area (Å²) in [5.41, 5.74) is 1.52. The summed E-state index contributed by atoms with van der Waals surface area (Å²) in [5.74, 6) is -0.943. The molecular formula is C25H21ClN2O5. The third-order valence-electron chi connectivity index (χ3n) is 5.44. The Morgan fingerprint density at radius 2 is 1.91 bits per heavy atom. The quantitative estimate of drug-likeness (QED) is 0.331. The van der Waals surface area contributed by atoms with Crippen LogP contribution in [0.15, 0.2) is 72.6 Å². The Hall–Kier alpha value is -3.84. The molecule has 1 amide bonds. The lowest BCUT2D eigenvalue weighted by Crippen LogP contribution is -2.29. The van der Waals surface area contributed by atoms with Crippen molar-refractivity contribution in [1.82, 2.24) is 9.88 Å². The molecule has 7 nitrogen and oxygen atoms in total. The second kappa shape index (κ2) is 9.34. The van der Waals surface area contributed by atoms with Crippen LogP contribution in [0.4, 0.5) is 0 Å². The summed E-state index contributed by atoms with van der Waals surface area (Å²) in [4.78, 5) is 31.9. The van der Waals surface area contributed by atoms with Crippen LogP contribution in [0.2, 0.25) is 5.02 Å². The maximum atomic E-state index is 13.2. The molecule has 0 spiro atoms. The van der Waals surface area contributed by atoms with E-state index in [4.69, 9.17) is 21.1 Å². The normalized spacial score (nSPS) is 17.3. The first-order chi connectivity index (χ1) is 15.9. The Kier molecular flexibility index (Phi) is 6.33. The molecule has 8 heteroatoms. The maximum Gasteiger partial charge on any atom is 0.295 e. The van der Waals surface area contributed by atoms with E-state index in [1.807, 2.05) is 6.07 Å². The van der Waals surface area contributed by atoms with Crippen molar-refractivity contribution in [3.63, 3.8) is 0 Å². The molecule has 1 aliphatic rings. The molecule has 3 aromatic rings. The van der Waals surface area contributed by atoms with E-state index in [0.29, 0.717) is 22.1 Å². The first-order valence-corrected chi connectivity index (χ1v) is 10.5. The fourth-order valence-electron chi connectivity index (χ4n) is 3.91. The average molecular weight is 465 g/mol. The molecule has 33 heavy (non-hydrogen) atoms. The van der Waals surface area contributed by atoms with Crippen LogP contribution in [0.5, 0.6) is 11.5 Å². The number of carbonyl (C=O) groups is 2. The number of hydrogen-bond acceptors (Lipinski definition) is 6. The number of amides is 1. The van der Waals surface area contributed by atoms with E-state index in [-0.39, 0.29) is 23.4 Å². The van der Waals surface area contributed by atoms with Crippen LogP contribution < -0.4 is 9.47 Å². The van der Waals surface area contributed by atoms with E-state index >= 15 is 0 Å². The number of hydrogen-bond donors (Lipinski definition) is 1. The van der Waals surface area contributed by atoms with Gasteiger partial charge in [-0.25, -0.2) is 0 Å². The van der Waals surface area contributed by atoms with Crippen LogP contribution >= 0.6 is 11.6 Å². The molecule has 1 fully saturated rings. The summed E-state index contributed by atoms with van der Waals surface area (Å²) in [6, 6.07) is 14.5. The Bertz CT molecular complexity index is 1240. The smallest absolute Gasteiger partial charge is 0.295 e. The number of aliphatic hydroxyl groups excluding tert-OH is 1. The lowest BCUT2D eigenvalue weighted by molar-refractivity contribution is -0.140. The summed E-state index contributed by atoms with van der Waals surface area (Å²) in [7, 11) is 3.00. The molecule has 1 aliphatic heterocycles. The number of Topliss-reactive ketones (excluding diaryl/α,β-unsaturated/α-hetero) is 1. The van der Waals surface area contributed by atoms with E-state index in [1.165, 1.54) is 18.1 Å². The number of benzene rings is 2. The van der Waals surface area contributed by atoms with Gasteiger partial charge in [-0.05, 0) is 47.5 Å². The fourth-order valence-corrected chi connectivity index (χ4v) is 4.08. The van der Waals surface area contributed by atoms with Gasteiger partial charge in [0, 0.05) is 24.0 Å². The molecule has 168 valence electrons. The van der Waals surface area contributed by atoms with Gasteiger partial charge in [-0.3, -0.25) is 14.6 Å². The van der Waals surface area contributed by atoms with E-state index in [9.17, 15) is 14.7 Å². The molecule has 0 aliphatic carbocycles. The molecule has 2 heterocycles. The Balaban J connectivity index is 1.88. The minimum Gasteiger partial charge on any atom is -0.507 e. The fraction of sp³-hybridized carbons (Fsp3) is 0.160. The summed E-state index contributed by atoms with van der Waals surface area (Å²) in [5, 5.41) is 11.6. The van der Waals surface area contributed by atoms with Crippen molar-refractivity contribution in [2.45, 2.75) is 12.6 Å². The monoisotopic (exact) mass is 464 g/mol. The molecule has 0 radical (unpaired) electrons. The number of methoxy groups -OCH3 is 2. The number of halogens is 1. The molecule has 2 aromatic carbocycles. The maximum absolute atomic E-state index is 13.2. The van der Waals surface area contributed by atoms with Crippen molar-refractivity contribution in [1.29, 1.82) is 0 Å². The van der Waals surface area contributed by atoms with Crippen molar-refractivity contribution >= 4 is 29.1 Å². The lowest BCUT2D eigenvalue weighted by Gasteiger charge is -2.25. The highest BCUT2D eigenvalue weighted by atomic mass is 35.5. The van der Waals surface area contributed by atoms with Crippen LogP contribution in [0.25, 0.3) is 5.76 Å². The zero-order valence-electron chi connectivity index (χ0n) is 18.0. The van der Waals surface area contributed by atoms with Gasteiger partial charge in [0.25, 0.3) is 11.7 Å². The van der Waals surface area contributed by atoms with Crippen molar-refractivity contribution in [2.24, 2.45) is 0 Å². The predicted molar refractivity (Wildman–Crippen MR) is 123 cm³/mol. The van der Waals surface area contributed by atoms with Crippen LogP contribution in [-0.2, 0) is 16.1 Å². The van der Waals surface area contributed by atoms with E-state index in [1.54, 1.807) is 62.0 Å². The molecule has 1 N–H and O–H groups in total. The Labute approximate surface area is 195 Å². The first kappa shape index (κ1) is 22.4. The second-order valence-electron chi connectivity index (χ2n) is 7.41. The second-order valence-corrected chi connectivity index (χ2v) is 7.85. The van der Waals surface area contributed by atoms with Crippen molar-refractivity contribution in [3.8, 4) is 11.5 Å². The first-order valence-electron chi connectivity index (χ1n) is 10.1. The third-order valence-corrected chi connectivity index (χ3v) is 5.68. The van der Waals surface area contributed by atoms with Crippen LogP contribution in [0.3, 0.4) is 0 Å². The third kappa shape index (κ3) is 4.27. The average Bonchev–Trinajstić information content (AvgIpc) is 3.09. The molecule has 0 saturated carbocycles. The van der Waals surface area contributed by atoms with Gasteiger partial charge in [-0.15, -0.1) is 0 Å². The standard InChI is InChI=1S/C25H21ClN2O5/c1-32-18-7-3-5-15(11-18)14-28-22(16-6-4-10-27-13-16)21(24(30)25(28)31)23(29)19-12-17(26)8-9-20(19)33-2/h3-13,22,29H,14H2,1-2H3/b23-21+. The molecular weight excluding hydrogens is 444 g/mol. The molecule has 1 saturated heterocycles. The molecule has 0 bridgehead atoms. The van der Waals surface area contributed by atoms with E-state index in [0.717, 1.165) is 5.56 Å². The minimum absolute atomic E-state index is 0.0588. The number of rotatable bonds is 6. The van der Waals surface area contributed by atoms with Crippen LogP contribution in [0.1, 0.15) is 22.7 Å². The summed E-state index contributed by atoms with van der Waals surface area (Å²) in [6.45, 7) is 0.130. The molecule has 4 rings (SSSR count). The highest BCUT2D eigenvalue weighted by molar-refractivity contribution is 6.46. The van der Waals surface area contributed by atoms with Gasteiger partial charge in [0.2, 0.25) is 0 Å². The molecule has 1 aromatic heterocycles. The number of aromatic nitrogens is 1. The zero-order chi connectivity index (χ0) is 23.5. The topological polar surface area (TPSA) is 89.0 Å². The van der Waals surface area contributed by atoms with E-state index in [2.05, 4.69) is 4.98 Å². The number of likely N-dealkylation sites (tertiary alicyclic amines) is 1. The SMILES string of the molecule is COc1cccc(CN2C(=O)C(=O)/C(=C(/O)c3cc(Cl)ccc3OC)C2c2cccnc2)c1.